The van der Waals surface area contributed by atoms with E-state index in [-0.39, 0.29) is 11.5 Å². The van der Waals surface area contributed by atoms with E-state index in [1.54, 1.807) is 19.1 Å². The van der Waals surface area contributed by atoms with Crippen molar-refractivity contribution >= 4 is 17.3 Å². The van der Waals surface area contributed by atoms with Crippen LogP contribution < -0.4 is 0 Å². The number of aryl methyl sites for hydroxylation is 1. The summed E-state index contributed by atoms with van der Waals surface area (Å²) in [7, 11) is 0. The Morgan fingerprint density at radius 2 is 2.25 bits per heavy atom. The molecule has 0 aliphatic rings. The average molecular weight is 237 g/mol. The van der Waals surface area contributed by atoms with E-state index in [2.05, 4.69) is 4.98 Å². The monoisotopic (exact) mass is 237 g/mol. The molecule has 0 unspecified atom stereocenters. The first kappa shape index (κ1) is 10.8. The van der Waals surface area contributed by atoms with Crippen molar-refractivity contribution in [2.75, 3.05) is 0 Å². The highest BCUT2D eigenvalue weighted by atomic mass is 32.1. The van der Waals surface area contributed by atoms with Crippen LogP contribution in [0.3, 0.4) is 0 Å². The molecule has 0 radical (unpaired) electrons. The second kappa shape index (κ2) is 4.02. The van der Waals surface area contributed by atoms with Gasteiger partial charge in [-0.15, -0.1) is 11.3 Å². The van der Waals surface area contributed by atoms with Gasteiger partial charge in [0, 0.05) is 10.9 Å². The number of carboxylic acid groups (broad SMARTS) is 1. The summed E-state index contributed by atoms with van der Waals surface area (Å²) >= 11 is 1.13. The number of hydrogen-bond donors (Lipinski definition) is 1. The van der Waals surface area contributed by atoms with Gasteiger partial charge in [-0.1, -0.05) is 12.1 Å². The van der Waals surface area contributed by atoms with Crippen molar-refractivity contribution < 1.29 is 14.3 Å². The fourth-order valence-electron chi connectivity index (χ4n) is 1.39. The number of rotatable bonds is 2. The number of hydrogen-bond acceptors (Lipinski definition) is 3. The Morgan fingerprint density at radius 3 is 2.81 bits per heavy atom. The molecule has 0 fully saturated rings. The van der Waals surface area contributed by atoms with Crippen LogP contribution in [0.15, 0.2) is 23.6 Å². The molecule has 0 bridgehead atoms. The summed E-state index contributed by atoms with van der Waals surface area (Å²) in [5.41, 5.74) is 1.06. The minimum absolute atomic E-state index is 0.0531. The molecule has 2 rings (SSSR count). The number of halogens is 1. The predicted octanol–water partition coefficient (Wildman–Crippen LogP) is 2.96. The SMILES string of the molecule is Cc1cccc(F)c1-c1nc(C(=O)O)cs1. The number of carboxylic acids is 1. The Bertz CT molecular complexity index is 530. The summed E-state index contributed by atoms with van der Waals surface area (Å²) in [6.07, 6.45) is 0. The van der Waals surface area contributed by atoms with Crippen LogP contribution in [-0.2, 0) is 0 Å². The third-order valence-electron chi connectivity index (χ3n) is 2.16. The molecule has 1 N–H and O–H groups in total. The maximum atomic E-state index is 13.6. The van der Waals surface area contributed by atoms with E-state index in [1.807, 2.05) is 0 Å². The minimum atomic E-state index is -1.10. The average Bonchev–Trinajstić information content (AvgIpc) is 2.66. The topological polar surface area (TPSA) is 50.2 Å². The van der Waals surface area contributed by atoms with Gasteiger partial charge in [0.1, 0.15) is 10.8 Å². The third-order valence-corrected chi connectivity index (χ3v) is 3.02. The molecule has 82 valence electrons. The summed E-state index contributed by atoms with van der Waals surface area (Å²) in [5, 5.41) is 10.5. The van der Waals surface area contributed by atoms with Crippen molar-refractivity contribution in [3.8, 4) is 10.6 Å². The molecule has 0 saturated heterocycles. The van der Waals surface area contributed by atoms with Gasteiger partial charge < -0.3 is 5.11 Å². The third kappa shape index (κ3) is 1.81. The zero-order valence-corrected chi connectivity index (χ0v) is 9.21. The summed E-state index contributed by atoms with van der Waals surface area (Å²) in [5.74, 6) is -1.48. The molecule has 2 aromatic rings. The molecule has 5 heteroatoms. The standard InChI is InChI=1S/C11H8FNO2S/c1-6-3-2-4-7(12)9(6)10-13-8(5-16-10)11(14)15/h2-5H,1H3,(H,14,15). The Labute approximate surface area is 95.2 Å². The van der Waals surface area contributed by atoms with Crippen molar-refractivity contribution in [3.63, 3.8) is 0 Å². The van der Waals surface area contributed by atoms with E-state index in [0.29, 0.717) is 10.6 Å². The van der Waals surface area contributed by atoms with Crippen LogP contribution in [0.1, 0.15) is 16.1 Å². The normalized spacial score (nSPS) is 10.4. The molecule has 1 heterocycles. The molecule has 0 spiro atoms. The van der Waals surface area contributed by atoms with Crippen LogP contribution in [0.5, 0.6) is 0 Å². The first-order valence-electron chi connectivity index (χ1n) is 4.54. The number of aromatic nitrogens is 1. The first-order chi connectivity index (χ1) is 7.59. The summed E-state index contributed by atoms with van der Waals surface area (Å²) < 4.78 is 13.6. The van der Waals surface area contributed by atoms with Crippen molar-refractivity contribution in [1.29, 1.82) is 0 Å². The van der Waals surface area contributed by atoms with E-state index in [4.69, 9.17) is 5.11 Å². The van der Waals surface area contributed by atoms with Gasteiger partial charge in [-0.25, -0.2) is 14.2 Å². The van der Waals surface area contributed by atoms with Crippen LogP contribution in [0.4, 0.5) is 4.39 Å². The molecule has 0 atom stereocenters. The molecule has 16 heavy (non-hydrogen) atoms. The number of benzene rings is 1. The van der Waals surface area contributed by atoms with Gasteiger partial charge >= 0.3 is 5.97 Å². The van der Waals surface area contributed by atoms with Crippen LogP contribution in [0.25, 0.3) is 10.6 Å². The highest BCUT2D eigenvalue weighted by Crippen LogP contribution is 2.29. The quantitative estimate of drug-likeness (QED) is 0.873. The van der Waals surface area contributed by atoms with Gasteiger partial charge in [-0.2, -0.15) is 0 Å². The molecule has 0 aliphatic carbocycles. The Hall–Kier alpha value is -1.75. The number of carbonyl (C=O) groups is 1. The van der Waals surface area contributed by atoms with Crippen molar-refractivity contribution in [1.82, 2.24) is 4.98 Å². The number of aromatic carboxylic acids is 1. The minimum Gasteiger partial charge on any atom is -0.476 e. The van der Waals surface area contributed by atoms with Gasteiger partial charge in [-0.3, -0.25) is 0 Å². The van der Waals surface area contributed by atoms with E-state index >= 15 is 0 Å². The molecular weight excluding hydrogens is 229 g/mol. The first-order valence-corrected chi connectivity index (χ1v) is 5.42. The van der Waals surface area contributed by atoms with E-state index in [9.17, 15) is 9.18 Å². The highest BCUT2D eigenvalue weighted by Gasteiger charge is 2.14. The van der Waals surface area contributed by atoms with E-state index in [1.165, 1.54) is 11.4 Å². The zero-order valence-electron chi connectivity index (χ0n) is 8.40. The maximum absolute atomic E-state index is 13.6. The summed E-state index contributed by atoms with van der Waals surface area (Å²) in [6.45, 7) is 1.76. The maximum Gasteiger partial charge on any atom is 0.355 e. The van der Waals surface area contributed by atoms with Crippen molar-refractivity contribution in [2.45, 2.75) is 6.92 Å². The fraction of sp³-hybridized carbons (Fsp3) is 0.0909. The fourth-order valence-corrected chi connectivity index (χ4v) is 2.29. The van der Waals surface area contributed by atoms with Crippen molar-refractivity contribution in [3.05, 3.63) is 40.7 Å². The zero-order chi connectivity index (χ0) is 11.7. The van der Waals surface area contributed by atoms with E-state index in [0.717, 1.165) is 16.9 Å². The molecule has 1 aromatic heterocycles. The molecule has 3 nitrogen and oxygen atoms in total. The molecular formula is C11H8FNO2S. The van der Waals surface area contributed by atoms with Crippen LogP contribution in [0, 0.1) is 12.7 Å². The molecule has 1 aromatic carbocycles. The van der Waals surface area contributed by atoms with Gasteiger partial charge in [0.25, 0.3) is 0 Å². The summed E-state index contributed by atoms with van der Waals surface area (Å²) in [4.78, 5) is 14.5. The predicted molar refractivity (Wildman–Crippen MR) is 59.2 cm³/mol. The lowest BCUT2D eigenvalue weighted by molar-refractivity contribution is 0.0691. The Kier molecular flexibility index (Phi) is 2.70. The lowest BCUT2D eigenvalue weighted by Crippen LogP contribution is -1.96. The van der Waals surface area contributed by atoms with Gasteiger partial charge in [0.05, 0.1) is 0 Å². The Morgan fingerprint density at radius 1 is 1.50 bits per heavy atom. The molecule has 0 saturated carbocycles. The molecule has 0 aliphatic heterocycles. The number of thiazole rings is 1. The van der Waals surface area contributed by atoms with Crippen LogP contribution in [0.2, 0.25) is 0 Å². The summed E-state index contributed by atoms with van der Waals surface area (Å²) in [6, 6.07) is 4.71. The lowest BCUT2D eigenvalue weighted by Gasteiger charge is -2.02. The van der Waals surface area contributed by atoms with Crippen LogP contribution >= 0.6 is 11.3 Å². The lowest BCUT2D eigenvalue weighted by atomic mass is 10.1. The smallest absolute Gasteiger partial charge is 0.355 e. The van der Waals surface area contributed by atoms with Crippen molar-refractivity contribution in [2.24, 2.45) is 0 Å². The van der Waals surface area contributed by atoms with Gasteiger partial charge in [0.2, 0.25) is 0 Å². The second-order valence-corrected chi connectivity index (χ2v) is 4.13. The van der Waals surface area contributed by atoms with Gasteiger partial charge in [0.15, 0.2) is 5.69 Å². The highest BCUT2D eigenvalue weighted by molar-refractivity contribution is 7.13. The van der Waals surface area contributed by atoms with Crippen LogP contribution in [-0.4, -0.2) is 16.1 Å². The second-order valence-electron chi connectivity index (χ2n) is 3.27. The Balaban J connectivity index is 2.54. The van der Waals surface area contributed by atoms with E-state index < -0.39 is 5.97 Å². The molecule has 0 amide bonds. The number of nitrogens with zero attached hydrogens (tertiary/aromatic N) is 1. The largest absolute Gasteiger partial charge is 0.476 e. The van der Waals surface area contributed by atoms with Gasteiger partial charge in [-0.05, 0) is 18.6 Å².